The molecule has 3 rings (SSSR count). The Balaban J connectivity index is 2.01. The van der Waals surface area contributed by atoms with Crippen LogP contribution >= 0.6 is 11.6 Å². The number of fused-ring (bicyclic) bond motifs is 1. The summed E-state index contributed by atoms with van der Waals surface area (Å²) in [7, 11) is 0. The number of nitrogens with zero attached hydrogens (tertiary/aromatic N) is 1. The van der Waals surface area contributed by atoms with Crippen molar-refractivity contribution in [3.8, 4) is 0 Å². The summed E-state index contributed by atoms with van der Waals surface area (Å²) in [6, 6.07) is 13.1. The molecule has 108 valence electrons. The van der Waals surface area contributed by atoms with Gasteiger partial charge in [-0.1, -0.05) is 29.8 Å². The summed E-state index contributed by atoms with van der Waals surface area (Å²) in [5.41, 5.74) is 9.06. The van der Waals surface area contributed by atoms with Gasteiger partial charge in [0.15, 0.2) is 0 Å². The minimum absolute atomic E-state index is 0.0430. The minimum Gasteiger partial charge on any atom is -0.399 e. The average molecular weight is 301 g/mol. The number of nitrogens with two attached hydrogens (primary N) is 1. The zero-order valence-corrected chi connectivity index (χ0v) is 12.4. The maximum Gasteiger partial charge on any atom is 0.258 e. The lowest BCUT2D eigenvalue weighted by Crippen LogP contribution is -2.31. The van der Waals surface area contributed by atoms with Crippen LogP contribution in [-0.2, 0) is 6.42 Å². The molecule has 0 unspecified atom stereocenters. The number of hydrogen-bond acceptors (Lipinski definition) is 2. The normalized spacial score (nSPS) is 14.4. The summed E-state index contributed by atoms with van der Waals surface area (Å²) in [6.07, 6.45) is 3.10. The summed E-state index contributed by atoms with van der Waals surface area (Å²) in [5.74, 6) is -0.0430. The van der Waals surface area contributed by atoms with Crippen LogP contribution in [0.15, 0.2) is 42.5 Å². The molecule has 1 heterocycles. The Bertz CT molecular complexity index is 664. The topological polar surface area (TPSA) is 46.3 Å². The third-order valence-electron chi connectivity index (χ3n) is 3.77. The third kappa shape index (κ3) is 2.88. The summed E-state index contributed by atoms with van der Waals surface area (Å²) >= 11 is 6.01. The van der Waals surface area contributed by atoms with Crippen LogP contribution in [0.25, 0.3) is 0 Å². The van der Waals surface area contributed by atoms with Crippen LogP contribution in [0.3, 0.4) is 0 Å². The smallest absolute Gasteiger partial charge is 0.258 e. The van der Waals surface area contributed by atoms with Crippen molar-refractivity contribution in [3.63, 3.8) is 0 Å². The van der Waals surface area contributed by atoms with Crippen molar-refractivity contribution in [2.75, 3.05) is 17.2 Å². The molecule has 4 heteroatoms. The van der Waals surface area contributed by atoms with Gasteiger partial charge in [-0.25, -0.2) is 0 Å². The number of anilines is 2. The Morgan fingerprint density at radius 3 is 2.76 bits per heavy atom. The molecule has 2 aromatic carbocycles. The fraction of sp³-hybridized carbons (Fsp3) is 0.235. The van der Waals surface area contributed by atoms with Crippen molar-refractivity contribution >= 4 is 28.9 Å². The monoisotopic (exact) mass is 300 g/mol. The zero-order valence-electron chi connectivity index (χ0n) is 11.7. The van der Waals surface area contributed by atoms with E-state index in [1.165, 1.54) is 5.56 Å². The summed E-state index contributed by atoms with van der Waals surface area (Å²) < 4.78 is 0. The van der Waals surface area contributed by atoms with Crippen molar-refractivity contribution < 1.29 is 4.79 Å². The Hall–Kier alpha value is -2.00. The molecule has 0 spiro atoms. The average Bonchev–Trinajstić information content (AvgIpc) is 2.68. The first-order valence-electron chi connectivity index (χ1n) is 7.11. The Kier molecular flexibility index (Phi) is 3.84. The maximum atomic E-state index is 12.8. The minimum atomic E-state index is -0.0430. The number of carbonyl (C=O) groups is 1. The van der Waals surface area contributed by atoms with Crippen LogP contribution in [0.1, 0.15) is 28.8 Å². The van der Waals surface area contributed by atoms with Gasteiger partial charge in [-0.2, -0.15) is 0 Å². The molecular weight excluding hydrogens is 284 g/mol. The first-order valence-corrected chi connectivity index (χ1v) is 7.49. The van der Waals surface area contributed by atoms with Gasteiger partial charge in [0, 0.05) is 28.5 Å². The van der Waals surface area contributed by atoms with Gasteiger partial charge < -0.3 is 10.6 Å². The SMILES string of the molecule is Nc1cc(Cl)cc(C(=O)N2CCCCc3ccccc32)c1. The lowest BCUT2D eigenvalue weighted by molar-refractivity contribution is 0.0987. The van der Waals surface area contributed by atoms with E-state index in [0.29, 0.717) is 16.3 Å². The quantitative estimate of drug-likeness (QED) is 0.812. The van der Waals surface area contributed by atoms with Crippen LogP contribution < -0.4 is 10.6 Å². The fourth-order valence-electron chi connectivity index (χ4n) is 2.79. The predicted molar refractivity (Wildman–Crippen MR) is 86.9 cm³/mol. The molecule has 1 aliphatic heterocycles. The van der Waals surface area contributed by atoms with Gasteiger partial charge in [-0.3, -0.25) is 4.79 Å². The molecule has 0 radical (unpaired) electrons. The van der Waals surface area contributed by atoms with Crippen molar-refractivity contribution in [1.82, 2.24) is 0 Å². The van der Waals surface area contributed by atoms with E-state index in [-0.39, 0.29) is 5.91 Å². The second kappa shape index (κ2) is 5.78. The molecule has 0 aromatic heterocycles. The predicted octanol–water partition coefficient (Wildman–Crippen LogP) is 3.91. The lowest BCUT2D eigenvalue weighted by atomic mass is 10.1. The molecule has 0 saturated heterocycles. The van der Waals surface area contributed by atoms with Gasteiger partial charge in [-0.15, -0.1) is 0 Å². The third-order valence-corrected chi connectivity index (χ3v) is 3.99. The number of amides is 1. The van der Waals surface area contributed by atoms with Gasteiger partial charge in [0.25, 0.3) is 5.91 Å². The highest BCUT2D eigenvalue weighted by atomic mass is 35.5. The molecular formula is C17H17ClN2O. The number of hydrogen-bond donors (Lipinski definition) is 1. The van der Waals surface area contributed by atoms with Crippen molar-refractivity contribution in [2.24, 2.45) is 0 Å². The molecule has 21 heavy (non-hydrogen) atoms. The second-order valence-electron chi connectivity index (χ2n) is 5.32. The van der Waals surface area contributed by atoms with Crippen LogP contribution in [-0.4, -0.2) is 12.5 Å². The van der Waals surface area contributed by atoms with Crippen LogP contribution in [0.4, 0.5) is 11.4 Å². The number of para-hydroxylation sites is 1. The standard InChI is InChI=1S/C17H17ClN2O/c18-14-9-13(10-15(19)11-14)17(21)20-8-4-3-6-12-5-1-2-7-16(12)20/h1-2,5,7,9-11H,3-4,6,8,19H2. The molecule has 1 amide bonds. The first-order chi connectivity index (χ1) is 10.1. The number of halogens is 1. The Labute approximate surface area is 129 Å². The van der Waals surface area contributed by atoms with E-state index in [0.717, 1.165) is 31.5 Å². The Morgan fingerprint density at radius 2 is 1.95 bits per heavy atom. The van der Waals surface area contributed by atoms with E-state index >= 15 is 0 Å². The Morgan fingerprint density at radius 1 is 1.14 bits per heavy atom. The van der Waals surface area contributed by atoms with E-state index in [9.17, 15) is 4.79 Å². The van der Waals surface area contributed by atoms with Gasteiger partial charge in [0.05, 0.1) is 0 Å². The van der Waals surface area contributed by atoms with Crippen LogP contribution in [0.2, 0.25) is 5.02 Å². The largest absolute Gasteiger partial charge is 0.399 e. The number of aryl methyl sites for hydroxylation is 1. The van der Waals surface area contributed by atoms with Gasteiger partial charge in [0.2, 0.25) is 0 Å². The molecule has 2 N–H and O–H groups in total. The van der Waals surface area contributed by atoms with E-state index in [4.69, 9.17) is 17.3 Å². The van der Waals surface area contributed by atoms with E-state index in [1.807, 2.05) is 23.1 Å². The lowest BCUT2D eigenvalue weighted by Gasteiger charge is -2.23. The highest BCUT2D eigenvalue weighted by molar-refractivity contribution is 6.31. The van der Waals surface area contributed by atoms with Gasteiger partial charge in [0.1, 0.15) is 0 Å². The first kappa shape index (κ1) is 14.0. The molecule has 0 atom stereocenters. The zero-order chi connectivity index (χ0) is 14.8. The molecule has 0 fully saturated rings. The highest BCUT2D eigenvalue weighted by Gasteiger charge is 2.22. The number of nitrogen functional groups attached to an aromatic ring is 1. The van der Waals surface area contributed by atoms with E-state index < -0.39 is 0 Å². The molecule has 0 aliphatic carbocycles. The molecule has 3 nitrogen and oxygen atoms in total. The summed E-state index contributed by atoms with van der Waals surface area (Å²) in [5, 5.41) is 0.487. The summed E-state index contributed by atoms with van der Waals surface area (Å²) in [4.78, 5) is 14.7. The van der Waals surface area contributed by atoms with Crippen molar-refractivity contribution in [2.45, 2.75) is 19.3 Å². The fourth-order valence-corrected chi connectivity index (χ4v) is 3.04. The van der Waals surface area contributed by atoms with Crippen molar-refractivity contribution in [3.05, 3.63) is 58.6 Å². The van der Waals surface area contributed by atoms with Crippen molar-refractivity contribution in [1.29, 1.82) is 0 Å². The molecule has 0 bridgehead atoms. The number of carbonyl (C=O) groups excluding carboxylic acids is 1. The molecule has 0 saturated carbocycles. The van der Waals surface area contributed by atoms with Gasteiger partial charge >= 0.3 is 0 Å². The van der Waals surface area contributed by atoms with Crippen LogP contribution in [0, 0.1) is 0 Å². The summed E-state index contributed by atoms with van der Waals surface area (Å²) in [6.45, 7) is 0.724. The number of benzene rings is 2. The maximum absolute atomic E-state index is 12.8. The van der Waals surface area contributed by atoms with E-state index in [2.05, 4.69) is 6.07 Å². The molecule has 2 aromatic rings. The van der Waals surface area contributed by atoms with Gasteiger partial charge in [-0.05, 0) is 49.1 Å². The molecule has 1 aliphatic rings. The second-order valence-corrected chi connectivity index (χ2v) is 5.75. The number of rotatable bonds is 1. The highest BCUT2D eigenvalue weighted by Crippen LogP contribution is 2.28. The van der Waals surface area contributed by atoms with E-state index in [1.54, 1.807) is 18.2 Å². The van der Waals surface area contributed by atoms with Crippen LogP contribution in [0.5, 0.6) is 0 Å².